The summed E-state index contributed by atoms with van der Waals surface area (Å²) in [7, 11) is 0. The van der Waals surface area contributed by atoms with Gasteiger partial charge in [-0.05, 0) is 49.6 Å². The Morgan fingerprint density at radius 1 is 0.931 bits per heavy atom. The summed E-state index contributed by atoms with van der Waals surface area (Å²) in [5.74, 6) is 1.62. The maximum atomic E-state index is 12.8. The molecule has 1 saturated heterocycles. The summed E-state index contributed by atoms with van der Waals surface area (Å²) in [6.45, 7) is 11.5. The Labute approximate surface area is 174 Å². The van der Waals surface area contributed by atoms with Gasteiger partial charge in [-0.25, -0.2) is 0 Å². The molecule has 0 saturated carbocycles. The minimum atomic E-state index is 0.173. The molecule has 0 radical (unpaired) electrons. The summed E-state index contributed by atoms with van der Waals surface area (Å²) >= 11 is 0. The van der Waals surface area contributed by atoms with Crippen molar-refractivity contribution in [1.82, 2.24) is 9.80 Å². The molecule has 5 heteroatoms. The fourth-order valence-electron chi connectivity index (χ4n) is 3.68. The smallest absolute Gasteiger partial charge is 0.227 e. The van der Waals surface area contributed by atoms with Gasteiger partial charge in [-0.15, -0.1) is 0 Å². The fourth-order valence-corrected chi connectivity index (χ4v) is 3.68. The van der Waals surface area contributed by atoms with Crippen LogP contribution >= 0.6 is 0 Å². The summed E-state index contributed by atoms with van der Waals surface area (Å²) in [4.78, 5) is 17.2. The van der Waals surface area contributed by atoms with Gasteiger partial charge in [0.1, 0.15) is 0 Å². The highest BCUT2D eigenvalue weighted by molar-refractivity contribution is 5.79. The van der Waals surface area contributed by atoms with Crippen LogP contribution in [-0.4, -0.2) is 55.1 Å². The van der Waals surface area contributed by atoms with Crippen molar-refractivity contribution in [3.8, 4) is 11.5 Å². The molecule has 1 fully saturated rings. The zero-order valence-corrected chi connectivity index (χ0v) is 17.8. The van der Waals surface area contributed by atoms with E-state index in [0.717, 1.165) is 44.0 Å². The van der Waals surface area contributed by atoms with Crippen LogP contribution in [-0.2, 0) is 17.8 Å². The normalized spacial score (nSPS) is 14.7. The lowest BCUT2D eigenvalue weighted by atomic mass is 10.1. The third-order valence-corrected chi connectivity index (χ3v) is 5.34. The highest BCUT2D eigenvalue weighted by Crippen LogP contribution is 2.29. The molecule has 29 heavy (non-hydrogen) atoms. The first-order valence-corrected chi connectivity index (χ1v) is 10.5. The monoisotopic (exact) mass is 396 g/mol. The van der Waals surface area contributed by atoms with Crippen LogP contribution in [0.3, 0.4) is 0 Å². The second-order valence-electron chi connectivity index (χ2n) is 7.41. The lowest BCUT2D eigenvalue weighted by Crippen LogP contribution is -2.48. The first-order valence-electron chi connectivity index (χ1n) is 10.5. The van der Waals surface area contributed by atoms with Gasteiger partial charge in [0.25, 0.3) is 0 Å². The Bertz CT molecular complexity index is 814. The fraction of sp³-hybridized carbons (Fsp3) is 0.458. The molecule has 3 rings (SSSR count). The molecular weight excluding hydrogens is 364 g/mol. The van der Waals surface area contributed by atoms with E-state index in [2.05, 4.69) is 36.1 Å². The predicted molar refractivity (Wildman–Crippen MR) is 116 cm³/mol. The van der Waals surface area contributed by atoms with Crippen LogP contribution in [0.25, 0.3) is 0 Å². The summed E-state index contributed by atoms with van der Waals surface area (Å²) in [5.41, 5.74) is 3.65. The first-order chi connectivity index (χ1) is 14.1. The molecule has 0 aliphatic carbocycles. The molecule has 1 heterocycles. The number of piperazine rings is 1. The Kier molecular flexibility index (Phi) is 7.53. The molecule has 0 atom stereocenters. The van der Waals surface area contributed by atoms with E-state index in [0.29, 0.717) is 25.4 Å². The second-order valence-corrected chi connectivity index (χ2v) is 7.41. The Balaban J connectivity index is 1.54. The lowest BCUT2D eigenvalue weighted by Gasteiger charge is -2.35. The van der Waals surface area contributed by atoms with Crippen LogP contribution in [0.2, 0.25) is 0 Å². The molecule has 5 nitrogen and oxygen atoms in total. The molecule has 0 spiro atoms. The highest BCUT2D eigenvalue weighted by Gasteiger charge is 2.22. The van der Waals surface area contributed by atoms with Crippen LogP contribution in [0, 0.1) is 6.92 Å². The average molecular weight is 397 g/mol. The standard InChI is InChI=1S/C24H32N2O3/c1-4-28-22-11-10-20(16-23(22)29-5-2)17-24(27)26-14-12-25(13-15-26)18-21-9-7-6-8-19(21)3/h6-11,16H,4-5,12-15,17-18H2,1-3H3. The summed E-state index contributed by atoms with van der Waals surface area (Å²) < 4.78 is 11.3. The van der Waals surface area contributed by atoms with Gasteiger partial charge < -0.3 is 14.4 Å². The van der Waals surface area contributed by atoms with Crippen molar-refractivity contribution in [3.63, 3.8) is 0 Å². The van der Waals surface area contributed by atoms with E-state index >= 15 is 0 Å². The van der Waals surface area contributed by atoms with Crippen molar-refractivity contribution in [1.29, 1.82) is 0 Å². The third-order valence-electron chi connectivity index (χ3n) is 5.34. The van der Waals surface area contributed by atoms with Crippen LogP contribution in [0.5, 0.6) is 11.5 Å². The molecule has 1 amide bonds. The van der Waals surface area contributed by atoms with E-state index in [-0.39, 0.29) is 5.91 Å². The molecular formula is C24H32N2O3. The molecule has 0 bridgehead atoms. The van der Waals surface area contributed by atoms with E-state index in [1.807, 2.05) is 36.9 Å². The molecule has 0 aromatic heterocycles. The van der Waals surface area contributed by atoms with E-state index in [1.165, 1.54) is 11.1 Å². The van der Waals surface area contributed by atoms with Crippen LogP contribution < -0.4 is 9.47 Å². The zero-order chi connectivity index (χ0) is 20.6. The number of hydrogen-bond donors (Lipinski definition) is 0. The van der Waals surface area contributed by atoms with Gasteiger partial charge in [0.2, 0.25) is 5.91 Å². The molecule has 2 aromatic carbocycles. The van der Waals surface area contributed by atoms with Gasteiger partial charge in [-0.2, -0.15) is 0 Å². The Morgan fingerprint density at radius 2 is 1.62 bits per heavy atom. The second kappa shape index (κ2) is 10.3. The maximum absolute atomic E-state index is 12.8. The number of rotatable bonds is 8. The third kappa shape index (κ3) is 5.73. The van der Waals surface area contributed by atoms with Crippen molar-refractivity contribution in [3.05, 3.63) is 59.2 Å². The Hall–Kier alpha value is -2.53. The van der Waals surface area contributed by atoms with Gasteiger partial charge >= 0.3 is 0 Å². The van der Waals surface area contributed by atoms with Gasteiger partial charge in [-0.3, -0.25) is 9.69 Å². The number of amides is 1. The predicted octanol–water partition coefficient (Wildman–Crippen LogP) is 3.68. The molecule has 2 aromatic rings. The van der Waals surface area contributed by atoms with Crippen molar-refractivity contribution in [2.45, 2.75) is 33.7 Å². The van der Waals surface area contributed by atoms with E-state index in [9.17, 15) is 4.79 Å². The van der Waals surface area contributed by atoms with Gasteiger partial charge in [0.05, 0.1) is 19.6 Å². The van der Waals surface area contributed by atoms with Gasteiger partial charge in [-0.1, -0.05) is 30.3 Å². The number of nitrogens with zero attached hydrogens (tertiary/aromatic N) is 2. The number of aryl methyl sites for hydroxylation is 1. The zero-order valence-electron chi connectivity index (χ0n) is 17.8. The SMILES string of the molecule is CCOc1ccc(CC(=O)N2CCN(Cc3ccccc3C)CC2)cc1OCC. The first kappa shape index (κ1) is 21.2. The highest BCUT2D eigenvalue weighted by atomic mass is 16.5. The number of benzene rings is 2. The van der Waals surface area contributed by atoms with Crippen molar-refractivity contribution in [2.75, 3.05) is 39.4 Å². The quantitative estimate of drug-likeness (QED) is 0.683. The minimum Gasteiger partial charge on any atom is -0.490 e. The average Bonchev–Trinajstić information content (AvgIpc) is 2.72. The van der Waals surface area contributed by atoms with Crippen LogP contribution in [0.4, 0.5) is 0 Å². The number of ether oxygens (including phenoxy) is 2. The van der Waals surface area contributed by atoms with E-state index in [4.69, 9.17) is 9.47 Å². The molecule has 0 N–H and O–H groups in total. The maximum Gasteiger partial charge on any atom is 0.227 e. The largest absolute Gasteiger partial charge is 0.490 e. The minimum absolute atomic E-state index is 0.173. The van der Waals surface area contributed by atoms with Gasteiger partial charge in [0, 0.05) is 32.7 Å². The summed E-state index contributed by atoms with van der Waals surface area (Å²) in [6, 6.07) is 14.3. The summed E-state index contributed by atoms with van der Waals surface area (Å²) in [6.07, 6.45) is 0.393. The van der Waals surface area contributed by atoms with Crippen molar-refractivity contribution < 1.29 is 14.3 Å². The van der Waals surface area contributed by atoms with Crippen molar-refractivity contribution >= 4 is 5.91 Å². The number of carbonyl (C=O) groups is 1. The van der Waals surface area contributed by atoms with E-state index in [1.54, 1.807) is 0 Å². The lowest BCUT2D eigenvalue weighted by molar-refractivity contribution is -0.132. The number of hydrogen-bond acceptors (Lipinski definition) is 4. The molecule has 0 unspecified atom stereocenters. The molecule has 156 valence electrons. The topological polar surface area (TPSA) is 42.0 Å². The van der Waals surface area contributed by atoms with Crippen molar-refractivity contribution in [2.24, 2.45) is 0 Å². The van der Waals surface area contributed by atoms with E-state index < -0.39 is 0 Å². The molecule has 1 aliphatic rings. The molecule has 1 aliphatic heterocycles. The van der Waals surface area contributed by atoms with Gasteiger partial charge in [0.15, 0.2) is 11.5 Å². The number of carbonyl (C=O) groups excluding carboxylic acids is 1. The summed E-state index contributed by atoms with van der Waals surface area (Å²) in [5, 5.41) is 0. The van der Waals surface area contributed by atoms with Crippen LogP contribution in [0.1, 0.15) is 30.5 Å². The van der Waals surface area contributed by atoms with Crippen LogP contribution in [0.15, 0.2) is 42.5 Å². The Morgan fingerprint density at radius 3 is 2.31 bits per heavy atom.